The van der Waals surface area contributed by atoms with Crippen molar-refractivity contribution in [2.75, 3.05) is 19.6 Å². The highest BCUT2D eigenvalue weighted by atomic mass is 19.1. The van der Waals surface area contributed by atoms with Crippen LogP contribution in [0.1, 0.15) is 79.2 Å². The largest absolute Gasteiger partial charge is 0.444 e. The van der Waals surface area contributed by atoms with Crippen molar-refractivity contribution in [3.05, 3.63) is 35.4 Å². The first-order valence-electron chi connectivity index (χ1n) is 14.3. The summed E-state index contributed by atoms with van der Waals surface area (Å²) < 4.78 is 40.5. The minimum absolute atomic E-state index is 0.0827. The van der Waals surface area contributed by atoms with Gasteiger partial charge in [-0.25, -0.2) is 13.6 Å². The molecule has 3 fully saturated rings. The molecule has 222 valence electrons. The molecular weight excluding hydrogens is 520 g/mol. The highest BCUT2D eigenvalue weighted by Crippen LogP contribution is 2.41. The third-order valence-corrected chi connectivity index (χ3v) is 8.03. The summed E-state index contributed by atoms with van der Waals surface area (Å²) >= 11 is 0. The van der Waals surface area contributed by atoms with E-state index in [-0.39, 0.29) is 24.2 Å². The fourth-order valence-corrected chi connectivity index (χ4v) is 6.61. The van der Waals surface area contributed by atoms with Crippen molar-refractivity contribution in [2.24, 2.45) is 5.92 Å². The Bertz CT molecular complexity index is 1090. The van der Waals surface area contributed by atoms with Crippen molar-refractivity contribution in [1.29, 1.82) is 0 Å². The van der Waals surface area contributed by atoms with Gasteiger partial charge in [-0.3, -0.25) is 9.59 Å². The van der Waals surface area contributed by atoms with Gasteiger partial charge in [-0.15, -0.1) is 0 Å². The topological polar surface area (TPSA) is 79.4 Å². The van der Waals surface area contributed by atoms with E-state index in [1.165, 1.54) is 19.1 Å². The number of benzene rings is 1. The number of piperidine rings is 1. The number of carbonyl (C=O) groups excluding carboxylic acids is 3. The van der Waals surface area contributed by atoms with E-state index in [0.29, 0.717) is 24.9 Å². The molecule has 0 N–H and O–H groups in total. The standard InChI is InChI=1S/C30H43F2N3O5/c1-19(36)35-25(14-20-12-22(31)17-23(32)13-20)27(39-30(35,5)6)24-15-21(16-26(37)33-10-8-7-9-11-33)18-34(24)28(38)40-29(2,3)4/h12-13,17,21,24-25,27H,7-11,14-16,18H2,1-6H3/t21-,24-,25+,27-/m1/s1. The lowest BCUT2D eigenvalue weighted by atomic mass is 9.91. The molecule has 0 radical (unpaired) electrons. The number of hydrogen-bond acceptors (Lipinski definition) is 5. The maximum absolute atomic E-state index is 14.1. The lowest BCUT2D eigenvalue weighted by molar-refractivity contribution is -0.146. The van der Waals surface area contributed by atoms with E-state index in [1.807, 2.05) is 4.90 Å². The van der Waals surface area contributed by atoms with Gasteiger partial charge in [-0.05, 0) is 90.3 Å². The molecule has 4 rings (SSSR count). The number of ether oxygens (including phenoxy) is 2. The quantitative estimate of drug-likeness (QED) is 0.510. The normalized spacial score (nSPS) is 26.8. The Hall–Kier alpha value is -2.75. The van der Waals surface area contributed by atoms with Crippen LogP contribution in [-0.2, 0) is 25.5 Å². The zero-order valence-corrected chi connectivity index (χ0v) is 24.5. The molecule has 3 aliphatic heterocycles. The lowest BCUT2D eigenvalue weighted by Crippen LogP contribution is -2.52. The minimum atomic E-state index is -1.02. The van der Waals surface area contributed by atoms with Crippen LogP contribution < -0.4 is 0 Å². The molecule has 3 amide bonds. The van der Waals surface area contributed by atoms with Gasteiger partial charge >= 0.3 is 6.09 Å². The van der Waals surface area contributed by atoms with E-state index in [1.54, 1.807) is 44.4 Å². The molecule has 40 heavy (non-hydrogen) atoms. The molecule has 0 spiro atoms. The minimum Gasteiger partial charge on any atom is -0.444 e. The summed E-state index contributed by atoms with van der Waals surface area (Å²) in [6.45, 7) is 12.2. The van der Waals surface area contributed by atoms with Gasteiger partial charge < -0.3 is 24.2 Å². The van der Waals surface area contributed by atoms with Crippen LogP contribution in [0.4, 0.5) is 13.6 Å². The van der Waals surface area contributed by atoms with Gasteiger partial charge in [0, 0.05) is 39.0 Å². The summed E-state index contributed by atoms with van der Waals surface area (Å²) in [6.07, 6.45) is 2.88. The third kappa shape index (κ3) is 6.93. The summed E-state index contributed by atoms with van der Waals surface area (Å²) in [5.74, 6) is -1.68. The number of carbonyl (C=O) groups is 3. The average Bonchev–Trinajstić information content (AvgIpc) is 3.35. The zero-order chi connectivity index (χ0) is 29.4. The van der Waals surface area contributed by atoms with Crippen molar-refractivity contribution in [2.45, 2.75) is 110 Å². The van der Waals surface area contributed by atoms with Crippen LogP contribution in [0.15, 0.2) is 18.2 Å². The molecule has 0 aliphatic carbocycles. The highest BCUT2D eigenvalue weighted by molar-refractivity contribution is 5.77. The van der Waals surface area contributed by atoms with E-state index in [0.717, 1.165) is 38.4 Å². The molecule has 1 aromatic carbocycles. The predicted molar refractivity (Wildman–Crippen MR) is 145 cm³/mol. The van der Waals surface area contributed by atoms with Crippen molar-refractivity contribution in [3.63, 3.8) is 0 Å². The summed E-state index contributed by atoms with van der Waals surface area (Å²) in [5, 5.41) is 0. The molecule has 0 saturated carbocycles. The Morgan fingerprint density at radius 1 is 1.05 bits per heavy atom. The number of nitrogens with zero attached hydrogens (tertiary/aromatic N) is 3. The fourth-order valence-electron chi connectivity index (χ4n) is 6.61. The first-order chi connectivity index (χ1) is 18.6. The molecule has 3 aliphatic rings. The van der Waals surface area contributed by atoms with Crippen molar-refractivity contribution >= 4 is 17.9 Å². The third-order valence-electron chi connectivity index (χ3n) is 8.03. The number of hydrogen-bond donors (Lipinski definition) is 0. The molecule has 10 heteroatoms. The molecule has 0 unspecified atom stereocenters. The van der Waals surface area contributed by atoms with E-state index in [9.17, 15) is 23.2 Å². The molecule has 3 heterocycles. The zero-order valence-electron chi connectivity index (χ0n) is 24.5. The van der Waals surface area contributed by atoms with Gasteiger partial charge in [0.2, 0.25) is 11.8 Å². The molecule has 8 nitrogen and oxygen atoms in total. The van der Waals surface area contributed by atoms with Gasteiger partial charge in [0.15, 0.2) is 0 Å². The molecule has 3 saturated heterocycles. The Kier molecular flexibility index (Phi) is 8.78. The fraction of sp³-hybridized carbons (Fsp3) is 0.700. The maximum atomic E-state index is 14.1. The number of likely N-dealkylation sites (tertiary alicyclic amines) is 2. The van der Waals surface area contributed by atoms with Crippen molar-refractivity contribution in [3.8, 4) is 0 Å². The van der Waals surface area contributed by atoms with Crippen LogP contribution >= 0.6 is 0 Å². The Morgan fingerprint density at radius 2 is 1.68 bits per heavy atom. The van der Waals surface area contributed by atoms with Crippen LogP contribution in [0.25, 0.3) is 0 Å². The number of halogens is 2. The average molecular weight is 564 g/mol. The first kappa shape index (κ1) is 30.2. The van der Waals surface area contributed by atoms with Gasteiger partial charge in [0.25, 0.3) is 0 Å². The number of rotatable bonds is 5. The lowest BCUT2D eigenvalue weighted by Gasteiger charge is -2.34. The summed E-state index contributed by atoms with van der Waals surface area (Å²) in [7, 11) is 0. The molecule has 4 atom stereocenters. The van der Waals surface area contributed by atoms with Crippen molar-refractivity contribution < 1.29 is 32.6 Å². The molecule has 0 bridgehead atoms. The van der Waals surface area contributed by atoms with Crippen LogP contribution in [0.3, 0.4) is 0 Å². The Balaban J connectivity index is 1.65. The monoisotopic (exact) mass is 563 g/mol. The van der Waals surface area contributed by atoms with E-state index < -0.39 is 47.2 Å². The SMILES string of the molecule is CC(=O)N1[C@@H](Cc2cc(F)cc(F)c2)[C@@H]([C@H]2C[C@H](CC(=O)N3CCCCC3)CN2C(=O)OC(C)(C)C)OC1(C)C. The molecule has 0 aromatic heterocycles. The van der Waals surface area contributed by atoms with E-state index in [2.05, 4.69) is 0 Å². The second-order valence-corrected chi connectivity index (χ2v) is 12.9. The Labute approximate surface area is 235 Å². The van der Waals surface area contributed by atoms with Gasteiger partial charge in [-0.2, -0.15) is 0 Å². The van der Waals surface area contributed by atoms with Crippen LogP contribution in [0, 0.1) is 17.6 Å². The van der Waals surface area contributed by atoms with Crippen LogP contribution in [0.2, 0.25) is 0 Å². The van der Waals surface area contributed by atoms with E-state index >= 15 is 0 Å². The van der Waals surface area contributed by atoms with Crippen molar-refractivity contribution in [1.82, 2.24) is 14.7 Å². The van der Waals surface area contributed by atoms with Gasteiger partial charge in [-0.1, -0.05) is 0 Å². The smallest absolute Gasteiger partial charge is 0.410 e. The molecular formula is C30H43F2N3O5. The van der Waals surface area contributed by atoms with Gasteiger partial charge in [0.05, 0.1) is 12.1 Å². The summed E-state index contributed by atoms with van der Waals surface area (Å²) in [6, 6.07) is 2.22. The predicted octanol–water partition coefficient (Wildman–Crippen LogP) is 4.89. The highest BCUT2D eigenvalue weighted by Gasteiger charge is 2.55. The van der Waals surface area contributed by atoms with Crippen LogP contribution in [0.5, 0.6) is 0 Å². The van der Waals surface area contributed by atoms with E-state index in [4.69, 9.17) is 9.47 Å². The summed E-state index contributed by atoms with van der Waals surface area (Å²) in [5.41, 5.74) is -1.36. The first-order valence-corrected chi connectivity index (χ1v) is 14.3. The van der Waals surface area contributed by atoms with Crippen LogP contribution in [-0.4, -0.2) is 81.8 Å². The number of amides is 3. The Morgan fingerprint density at radius 3 is 2.25 bits per heavy atom. The summed E-state index contributed by atoms with van der Waals surface area (Å²) in [4.78, 5) is 44.6. The van der Waals surface area contributed by atoms with Gasteiger partial charge in [0.1, 0.15) is 29.1 Å². The second-order valence-electron chi connectivity index (χ2n) is 12.9. The second kappa shape index (κ2) is 11.6. The molecule has 1 aromatic rings. The maximum Gasteiger partial charge on any atom is 0.410 e.